The molecule has 0 saturated carbocycles. The van der Waals surface area contributed by atoms with Crippen LogP contribution in [0.25, 0.3) is 0 Å². The highest BCUT2D eigenvalue weighted by Gasteiger charge is 2.15. The SMILES string of the molecule is CC(C)CC(=O)c1ccc(CC(=O)CCCCCS(=O)(=O)C(C)C)cc1. The highest BCUT2D eigenvalue weighted by molar-refractivity contribution is 7.91. The first kappa shape index (κ1) is 22.6. The molecular weight excluding hydrogens is 348 g/mol. The fourth-order valence-corrected chi connectivity index (χ4v) is 3.73. The molecule has 0 amide bonds. The minimum Gasteiger partial charge on any atom is -0.299 e. The van der Waals surface area contributed by atoms with E-state index in [4.69, 9.17) is 0 Å². The summed E-state index contributed by atoms with van der Waals surface area (Å²) in [5, 5.41) is -0.334. The second-order valence-corrected chi connectivity index (χ2v) is 10.3. The molecule has 0 fully saturated rings. The average molecular weight is 381 g/mol. The third-order valence-electron chi connectivity index (χ3n) is 4.37. The maximum atomic E-state index is 12.1. The van der Waals surface area contributed by atoms with E-state index in [1.54, 1.807) is 26.0 Å². The van der Waals surface area contributed by atoms with Crippen LogP contribution in [0.4, 0.5) is 0 Å². The Balaban J connectivity index is 2.34. The van der Waals surface area contributed by atoms with Crippen LogP contribution in [0.15, 0.2) is 24.3 Å². The van der Waals surface area contributed by atoms with E-state index in [0.717, 1.165) is 18.4 Å². The summed E-state index contributed by atoms with van der Waals surface area (Å²) in [6, 6.07) is 7.29. The van der Waals surface area contributed by atoms with Crippen molar-refractivity contribution in [3.05, 3.63) is 35.4 Å². The summed E-state index contributed by atoms with van der Waals surface area (Å²) in [5.74, 6) is 0.816. The van der Waals surface area contributed by atoms with Gasteiger partial charge in [-0.05, 0) is 38.2 Å². The zero-order valence-corrected chi connectivity index (χ0v) is 17.3. The molecule has 0 bridgehead atoms. The summed E-state index contributed by atoms with van der Waals surface area (Å²) >= 11 is 0. The number of ketones is 2. The van der Waals surface area contributed by atoms with Gasteiger partial charge in [-0.15, -0.1) is 0 Å². The molecule has 0 aromatic heterocycles. The third kappa shape index (κ3) is 8.26. The van der Waals surface area contributed by atoms with Gasteiger partial charge in [-0.25, -0.2) is 8.42 Å². The summed E-state index contributed by atoms with van der Waals surface area (Å²) in [5.41, 5.74) is 1.61. The van der Waals surface area contributed by atoms with E-state index in [2.05, 4.69) is 0 Å². The van der Waals surface area contributed by atoms with E-state index < -0.39 is 9.84 Å². The Morgan fingerprint density at radius 1 is 0.923 bits per heavy atom. The number of rotatable bonds is 12. The molecule has 0 spiro atoms. The summed E-state index contributed by atoms with van der Waals surface area (Å²) in [7, 11) is -2.98. The number of hydrogen-bond donors (Lipinski definition) is 0. The van der Waals surface area contributed by atoms with Crippen LogP contribution in [0.2, 0.25) is 0 Å². The molecule has 146 valence electrons. The number of hydrogen-bond acceptors (Lipinski definition) is 4. The van der Waals surface area contributed by atoms with Crippen molar-refractivity contribution < 1.29 is 18.0 Å². The van der Waals surface area contributed by atoms with Crippen LogP contribution in [0, 0.1) is 5.92 Å². The van der Waals surface area contributed by atoms with Crippen LogP contribution in [0.1, 0.15) is 75.7 Å². The topological polar surface area (TPSA) is 68.3 Å². The fourth-order valence-electron chi connectivity index (χ4n) is 2.65. The molecule has 4 nitrogen and oxygen atoms in total. The molecule has 0 aliphatic heterocycles. The van der Waals surface area contributed by atoms with E-state index in [-0.39, 0.29) is 22.6 Å². The Hall–Kier alpha value is -1.49. The van der Waals surface area contributed by atoms with Gasteiger partial charge in [0.05, 0.1) is 11.0 Å². The van der Waals surface area contributed by atoms with Crippen molar-refractivity contribution in [1.82, 2.24) is 0 Å². The van der Waals surface area contributed by atoms with E-state index >= 15 is 0 Å². The lowest BCUT2D eigenvalue weighted by atomic mass is 9.98. The highest BCUT2D eigenvalue weighted by Crippen LogP contribution is 2.13. The van der Waals surface area contributed by atoms with Crippen LogP contribution < -0.4 is 0 Å². The summed E-state index contributed by atoms with van der Waals surface area (Å²) in [6.45, 7) is 7.42. The number of carbonyl (C=O) groups excluding carboxylic acids is 2. The lowest BCUT2D eigenvalue weighted by Gasteiger charge is -2.07. The van der Waals surface area contributed by atoms with E-state index in [9.17, 15) is 18.0 Å². The first-order valence-electron chi connectivity index (χ1n) is 9.47. The van der Waals surface area contributed by atoms with Crippen LogP contribution in [0.5, 0.6) is 0 Å². The minimum absolute atomic E-state index is 0.134. The van der Waals surface area contributed by atoms with Crippen molar-refractivity contribution in [2.75, 3.05) is 5.75 Å². The van der Waals surface area contributed by atoms with Gasteiger partial charge in [0, 0.05) is 24.8 Å². The predicted molar refractivity (Wildman–Crippen MR) is 106 cm³/mol. The number of sulfone groups is 1. The second kappa shape index (κ2) is 10.6. The van der Waals surface area contributed by atoms with Gasteiger partial charge in [-0.2, -0.15) is 0 Å². The minimum atomic E-state index is -2.98. The molecule has 0 heterocycles. The molecular formula is C21H32O4S. The van der Waals surface area contributed by atoms with E-state index in [1.807, 2.05) is 26.0 Å². The predicted octanol–water partition coefficient (Wildman–Crippen LogP) is 4.41. The zero-order valence-electron chi connectivity index (χ0n) is 16.5. The molecule has 1 rings (SSSR count). The van der Waals surface area contributed by atoms with E-state index in [0.29, 0.717) is 37.2 Å². The smallest absolute Gasteiger partial charge is 0.163 e. The lowest BCUT2D eigenvalue weighted by Crippen LogP contribution is -2.17. The van der Waals surface area contributed by atoms with Crippen molar-refractivity contribution in [1.29, 1.82) is 0 Å². The summed E-state index contributed by atoms with van der Waals surface area (Å²) < 4.78 is 23.4. The van der Waals surface area contributed by atoms with Crippen LogP contribution in [0.3, 0.4) is 0 Å². The Kier molecular flexibility index (Phi) is 9.20. The van der Waals surface area contributed by atoms with Crippen LogP contribution >= 0.6 is 0 Å². The van der Waals surface area contributed by atoms with Gasteiger partial charge in [0.15, 0.2) is 15.6 Å². The molecule has 0 aliphatic rings. The maximum absolute atomic E-state index is 12.1. The van der Waals surface area contributed by atoms with Crippen molar-refractivity contribution in [3.8, 4) is 0 Å². The standard InChI is InChI=1S/C21H32O4S/c1-16(2)14-21(23)19-11-9-18(10-12-19)15-20(22)8-6-5-7-13-26(24,25)17(3)4/h9-12,16-17H,5-8,13-15H2,1-4H3. The first-order chi connectivity index (χ1) is 12.1. The Labute approximate surface area is 158 Å². The lowest BCUT2D eigenvalue weighted by molar-refractivity contribution is -0.118. The fraction of sp³-hybridized carbons (Fsp3) is 0.619. The van der Waals surface area contributed by atoms with Gasteiger partial charge in [-0.3, -0.25) is 9.59 Å². The molecule has 0 unspecified atom stereocenters. The van der Waals surface area contributed by atoms with Gasteiger partial charge in [-0.1, -0.05) is 44.5 Å². The average Bonchev–Trinajstić information content (AvgIpc) is 2.54. The Morgan fingerprint density at radius 2 is 1.54 bits per heavy atom. The molecule has 0 atom stereocenters. The second-order valence-electron chi connectivity index (χ2n) is 7.66. The summed E-state index contributed by atoms with van der Waals surface area (Å²) in [4.78, 5) is 24.1. The van der Waals surface area contributed by atoms with Gasteiger partial charge < -0.3 is 0 Å². The Morgan fingerprint density at radius 3 is 2.08 bits per heavy atom. The van der Waals surface area contributed by atoms with Crippen LogP contribution in [-0.2, 0) is 21.1 Å². The third-order valence-corrected chi connectivity index (χ3v) is 6.67. The molecule has 1 aromatic carbocycles. The first-order valence-corrected chi connectivity index (χ1v) is 11.2. The van der Waals surface area contributed by atoms with Crippen molar-refractivity contribution in [2.45, 2.75) is 71.5 Å². The molecule has 0 N–H and O–H groups in total. The molecule has 0 aliphatic carbocycles. The van der Waals surface area contributed by atoms with Crippen molar-refractivity contribution >= 4 is 21.4 Å². The molecule has 1 aromatic rings. The molecule has 0 saturated heterocycles. The largest absolute Gasteiger partial charge is 0.299 e. The number of carbonyl (C=O) groups is 2. The molecule has 26 heavy (non-hydrogen) atoms. The van der Waals surface area contributed by atoms with Crippen molar-refractivity contribution in [2.24, 2.45) is 5.92 Å². The highest BCUT2D eigenvalue weighted by atomic mass is 32.2. The molecule has 0 radical (unpaired) electrons. The maximum Gasteiger partial charge on any atom is 0.163 e. The van der Waals surface area contributed by atoms with E-state index in [1.165, 1.54) is 0 Å². The quantitative estimate of drug-likeness (QED) is 0.398. The summed E-state index contributed by atoms with van der Waals surface area (Å²) in [6.07, 6.45) is 3.45. The Bertz CT molecular complexity index is 685. The molecule has 5 heteroatoms. The zero-order chi connectivity index (χ0) is 19.7. The number of benzene rings is 1. The monoisotopic (exact) mass is 380 g/mol. The van der Waals surface area contributed by atoms with Gasteiger partial charge >= 0.3 is 0 Å². The van der Waals surface area contributed by atoms with Gasteiger partial charge in [0.1, 0.15) is 5.78 Å². The van der Waals surface area contributed by atoms with Gasteiger partial charge in [0.25, 0.3) is 0 Å². The van der Waals surface area contributed by atoms with Gasteiger partial charge in [0.2, 0.25) is 0 Å². The van der Waals surface area contributed by atoms with Crippen molar-refractivity contribution in [3.63, 3.8) is 0 Å². The number of Topliss-reactive ketones (excluding diaryl/α,β-unsaturated/α-hetero) is 2. The van der Waals surface area contributed by atoms with Crippen LogP contribution in [-0.4, -0.2) is 31.0 Å². The number of unbranched alkanes of at least 4 members (excludes halogenated alkanes) is 2. The normalized spacial score (nSPS) is 11.9.